The van der Waals surface area contributed by atoms with Crippen LogP contribution >= 0.6 is 0 Å². The number of rotatable bonds is 6. The molecule has 0 saturated heterocycles. The predicted molar refractivity (Wildman–Crippen MR) is 67.8 cm³/mol. The normalized spacial score (nSPS) is 20.9. The van der Waals surface area contributed by atoms with Gasteiger partial charge in [-0.05, 0) is 12.1 Å². The highest BCUT2D eigenvalue weighted by Gasteiger charge is 2.36. The van der Waals surface area contributed by atoms with Crippen molar-refractivity contribution in [3.8, 4) is 5.75 Å². The van der Waals surface area contributed by atoms with Crippen LogP contribution in [0.15, 0.2) is 23.9 Å². The fourth-order valence-electron chi connectivity index (χ4n) is 1.74. The minimum atomic E-state index is -1.19. The van der Waals surface area contributed by atoms with E-state index >= 15 is 0 Å². The molecule has 1 N–H and O–H groups in total. The topological polar surface area (TPSA) is 55.4 Å². The van der Waals surface area contributed by atoms with Gasteiger partial charge in [-0.1, -0.05) is 0 Å². The van der Waals surface area contributed by atoms with E-state index < -0.39 is 40.9 Å². The molecule has 112 valence electrons. The van der Waals surface area contributed by atoms with Gasteiger partial charge in [-0.25, -0.2) is 13.2 Å². The van der Waals surface area contributed by atoms with Gasteiger partial charge in [0.2, 0.25) is 5.78 Å². The summed E-state index contributed by atoms with van der Waals surface area (Å²) in [5.74, 6) is -3.79. The number of methoxy groups -OCH3 is 1. The third-order valence-electron chi connectivity index (χ3n) is 3.05. The Morgan fingerprint density at radius 3 is 2.62 bits per heavy atom. The lowest BCUT2D eigenvalue weighted by Gasteiger charge is -2.08. The van der Waals surface area contributed by atoms with Crippen LogP contribution in [-0.2, 0) is 4.79 Å². The smallest absolute Gasteiger partial charge is 0.200 e. The van der Waals surface area contributed by atoms with Crippen LogP contribution in [0.4, 0.5) is 13.2 Å². The summed E-state index contributed by atoms with van der Waals surface area (Å²) in [5.41, 5.74) is -0.886. The largest absolute Gasteiger partial charge is 0.491 e. The molecule has 4 nitrogen and oxygen atoms in total. The van der Waals surface area contributed by atoms with Crippen molar-refractivity contribution < 1.29 is 27.5 Å². The third kappa shape index (κ3) is 3.07. The average Bonchev–Trinajstić information content (AvgIpc) is 3.15. The first-order valence-electron chi connectivity index (χ1n) is 6.11. The van der Waals surface area contributed by atoms with Gasteiger partial charge in [0.25, 0.3) is 0 Å². The van der Waals surface area contributed by atoms with Crippen LogP contribution < -0.4 is 10.1 Å². The molecule has 21 heavy (non-hydrogen) atoms. The lowest BCUT2D eigenvalue weighted by molar-refractivity contribution is -0.104. The van der Waals surface area contributed by atoms with Gasteiger partial charge in [-0.3, -0.25) is 9.59 Å². The molecule has 1 aliphatic rings. The first-order valence-corrected chi connectivity index (χ1v) is 6.11. The second-order valence-electron chi connectivity index (χ2n) is 4.51. The highest BCUT2D eigenvalue weighted by molar-refractivity contribution is 6.20. The van der Waals surface area contributed by atoms with E-state index in [9.17, 15) is 22.8 Å². The van der Waals surface area contributed by atoms with Crippen LogP contribution in [0.25, 0.3) is 0 Å². The summed E-state index contributed by atoms with van der Waals surface area (Å²) in [6.07, 6.45) is 0.525. The summed E-state index contributed by atoms with van der Waals surface area (Å²) >= 11 is 0. The molecule has 0 radical (unpaired) electrons. The molecule has 1 fully saturated rings. The first-order chi connectivity index (χ1) is 9.99. The minimum absolute atomic E-state index is 0.222. The summed E-state index contributed by atoms with van der Waals surface area (Å²) in [7, 11) is 1.06. The van der Waals surface area contributed by atoms with Gasteiger partial charge in [0.1, 0.15) is 6.17 Å². The number of hydrogen-bond acceptors (Lipinski definition) is 4. The van der Waals surface area contributed by atoms with E-state index in [0.29, 0.717) is 0 Å². The van der Waals surface area contributed by atoms with Crippen molar-refractivity contribution in [3.05, 3.63) is 41.1 Å². The zero-order valence-electron chi connectivity index (χ0n) is 11.0. The molecule has 1 aromatic rings. The number of aldehydes is 1. The summed E-state index contributed by atoms with van der Waals surface area (Å²) in [6.45, 7) is 0. The number of ketones is 1. The Hall–Kier alpha value is -2.31. The molecule has 7 heteroatoms. The molecule has 0 amide bonds. The molecule has 0 bridgehead atoms. The molecule has 0 heterocycles. The van der Waals surface area contributed by atoms with E-state index in [1.165, 1.54) is 0 Å². The molecule has 1 aliphatic carbocycles. The van der Waals surface area contributed by atoms with E-state index in [1.54, 1.807) is 0 Å². The summed E-state index contributed by atoms with van der Waals surface area (Å²) in [5, 5.41) is 2.55. The Labute approximate surface area is 118 Å². The molecule has 2 atom stereocenters. The standard InChI is InChI=1S/C14H12F3NO3/c1-21-14-9(15)3-2-8(12(14)17)13(20)7(6-19)5-18-11-4-10(11)16/h2-3,5-6,10-11,18H,4H2,1H3/t10-,11+/m0/s1. The summed E-state index contributed by atoms with van der Waals surface area (Å²) in [4.78, 5) is 23.0. The SMILES string of the molecule is COc1c(F)ccc(C(=O)C(C=O)=CN[C@@H]2C[C@@H]2F)c1F. The highest BCUT2D eigenvalue weighted by Crippen LogP contribution is 2.27. The predicted octanol–water partition coefficient (Wildman–Crippen LogP) is 1.94. The zero-order chi connectivity index (χ0) is 15.6. The van der Waals surface area contributed by atoms with E-state index in [2.05, 4.69) is 10.1 Å². The van der Waals surface area contributed by atoms with Crippen molar-refractivity contribution in [2.45, 2.75) is 18.6 Å². The van der Waals surface area contributed by atoms with Crippen LogP contribution in [0, 0.1) is 11.6 Å². The van der Waals surface area contributed by atoms with E-state index in [4.69, 9.17) is 0 Å². The summed E-state index contributed by atoms with van der Waals surface area (Å²) in [6, 6.07) is 1.34. The van der Waals surface area contributed by atoms with Gasteiger partial charge in [0.05, 0.1) is 24.3 Å². The van der Waals surface area contributed by atoms with Gasteiger partial charge < -0.3 is 10.1 Å². The third-order valence-corrected chi connectivity index (χ3v) is 3.05. The van der Waals surface area contributed by atoms with Gasteiger partial charge in [0.15, 0.2) is 23.7 Å². The van der Waals surface area contributed by atoms with Gasteiger partial charge in [-0.15, -0.1) is 0 Å². The van der Waals surface area contributed by atoms with Crippen LogP contribution in [0.3, 0.4) is 0 Å². The lowest BCUT2D eigenvalue weighted by atomic mass is 10.0. The lowest BCUT2D eigenvalue weighted by Crippen LogP contribution is -2.16. The van der Waals surface area contributed by atoms with E-state index in [-0.39, 0.29) is 18.3 Å². The van der Waals surface area contributed by atoms with Crippen molar-refractivity contribution in [2.24, 2.45) is 0 Å². The minimum Gasteiger partial charge on any atom is -0.491 e. The molecule has 1 saturated carbocycles. The van der Waals surface area contributed by atoms with Crippen molar-refractivity contribution in [2.75, 3.05) is 7.11 Å². The number of halogens is 3. The van der Waals surface area contributed by atoms with E-state index in [1.807, 2.05) is 0 Å². The van der Waals surface area contributed by atoms with Crippen molar-refractivity contribution in [3.63, 3.8) is 0 Å². The number of ether oxygens (including phenoxy) is 1. The zero-order valence-corrected chi connectivity index (χ0v) is 11.0. The maximum Gasteiger partial charge on any atom is 0.200 e. The Balaban J connectivity index is 2.27. The molecule has 0 aliphatic heterocycles. The quantitative estimate of drug-likeness (QED) is 0.287. The molecule has 0 spiro atoms. The fraction of sp³-hybridized carbons (Fsp3) is 0.286. The number of Topliss-reactive ketones (excluding diaryl/α,β-unsaturated/α-hetero) is 1. The Kier molecular flexibility index (Phi) is 4.30. The average molecular weight is 299 g/mol. The molecule has 2 rings (SSSR count). The molecule has 0 unspecified atom stereocenters. The second-order valence-corrected chi connectivity index (χ2v) is 4.51. The van der Waals surface area contributed by atoms with Crippen LogP contribution in [0.1, 0.15) is 16.8 Å². The number of hydrogen-bond donors (Lipinski definition) is 1. The van der Waals surface area contributed by atoms with Crippen molar-refractivity contribution in [1.82, 2.24) is 5.32 Å². The molecule has 0 aromatic heterocycles. The first kappa shape index (κ1) is 15.1. The van der Waals surface area contributed by atoms with Gasteiger partial charge >= 0.3 is 0 Å². The van der Waals surface area contributed by atoms with Crippen LogP contribution in [-0.4, -0.2) is 31.4 Å². The fourth-order valence-corrected chi connectivity index (χ4v) is 1.74. The summed E-state index contributed by atoms with van der Waals surface area (Å²) < 4.78 is 44.4. The monoisotopic (exact) mass is 299 g/mol. The number of alkyl halides is 1. The van der Waals surface area contributed by atoms with Crippen LogP contribution in [0.2, 0.25) is 0 Å². The Morgan fingerprint density at radius 2 is 2.10 bits per heavy atom. The molecular formula is C14H12F3NO3. The van der Waals surface area contributed by atoms with Gasteiger partial charge in [-0.2, -0.15) is 0 Å². The van der Waals surface area contributed by atoms with Crippen LogP contribution in [0.5, 0.6) is 5.75 Å². The number of benzene rings is 1. The molecular weight excluding hydrogens is 287 g/mol. The number of nitrogens with one attached hydrogen (secondary N) is 1. The molecule has 1 aromatic carbocycles. The number of carbonyl (C=O) groups is 2. The second kappa shape index (κ2) is 5.99. The van der Waals surface area contributed by atoms with Crippen molar-refractivity contribution >= 4 is 12.1 Å². The maximum atomic E-state index is 13.9. The highest BCUT2D eigenvalue weighted by atomic mass is 19.1. The van der Waals surface area contributed by atoms with Crippen molar-refractivity contribution in [1.29, 1.82) is 0 Å². The maximum absolute atomic E-state index is 13.9. The van der Waals surface area contributed by atoms with E-state index in [0.717, 1.165) is 25.4 Å². The Bertz CT molecular complexity index is 616. The Morgan fingerprint density at radius 1 is 1.43 bits per heavy atom. The number of allylic oxidation sites excluding steroid dienone is 1. The number of carbonyl (C=O) groups excluding carboxylic acids is 2. The van der Waals surface area contributed by atoms with Gasteiger partial charge in [0, 0.05) is 12.6 Å².